The topological polar surface area (TPSA) is 176 Å². The van der Waals surface area contributed by atoms with Gasteiger partial charge in [0.05, 0.1) is 22.3 Å². The highest BCUT2D eigenvalue weighted by molar-refractivity contribution is 6.12. The van der Waals surface area contributed by atoms with Crippen LogP contribution in [0.15, 0.2) is 218 Å². The molecule has 0 saturated heterocycles. The Labute approximate surface area is 457 Å². The normalized spacial score (nSPS) is 10.9. The molecule has 0 aliphatic heterocycles. The Morgan fingerprint density at radius 2 is 0.675 bits per heavy atom. The van der Waals surface area contributed by atoms with E-state index in [-0.39, 0.29) is 70.0 Å². The largest absolute Gasteiger partial charge is 0.457 e. The van der Waals surface area contributed by atoms with Crippen molar-refractivity contribution in [3.63, 3.8) is 0 Å². The summed E-state index contributed by atoms with van der Waals surface area (Å²) in [5.41, 5.74) is 2.40. The summed E-state index contributed by atoms with van der Waals surface area (Å²) >= 11 is 0. The number of esters is 6. The summed E-state index contributed by atoms with van der Waals surface area (Å²) in [4.78, 5) is 78.4. The summed E-state index contributed by atoms with van der Waals surface area (Å²) in [7, 11) is 0. The second-order valence-electron chi connectivity index (χ2n) is 18.3. The zero-order valence-electron chi connectivity index (χ0n) is 43.0. The Morgan fingerprint density at radius 1 is 0.338 bits per heavy atom. The smallest absolute Gasteiger partial charge is 0.343 e. The van der Waals surface area contributed by atoms with Crippen molar-refractivity contribution in [1.82, 2.24) is 0 Å². The minimum absolute atomic E-state index is 0.202. The van der Waals surface area contributed by atoms with E-state index in [1.165, 1.54) is 38.1 Å². The van der Waals surface area contributed by atoms with E-state index in [4.69, 9.17) is 37.9 Å². The average molecular weight is 1060 g/mol. The molecule has 0 unspecified atom stereocenters. The van der Waals surface area contributed by atoms with Crippen LogP contribution in [0.1, 0.15) is 55.3 Å². The van der Waals surface area contributed by atoms with Crippen LogP contribution in [0.2, 0.25) is 0 Å². The van der Waals surface area contributed by atoms with Gasteiger partial charge in [-0.25, -0.2) is 28.8 Å². The first-order valence-electron chi connectivity index (χ1n) is 24.9. The van der Waals surface area contributed by atoms with E-state index in [0.29, 0.717) is 33.4 Å². The van der Waals surface area contributed by atoms with Crippen molar-refractivity contribution in [1.29, 1.82) is 0 Å². The van der Waals surface area contributed by atoms with Gasteiger partial charge < -0.3 is 37.9 Å². The molecule has 0 aliphatic carbocycles. The molecule has 0 radical (unpaired) electrons. The summed E-state index contributed by atoms with van der Waals surface area (Å²) in [5, 5.41) is 5.86. The van der Waals surface area contributed by atoms with E-state index in [0.717, 1.165) is 32.3 Å². The van der Waals surface area contributed by atoms with Gasteiger partial charge in [-0.05, 0) is 166 Å². The van der Waals surface area contributed by atoms with E-state index in [9.17, 15) is 28.8 Å². The lowest BCUT2D eigenvalue weighted by Crippen LogP contribution is -2.11. The average Bonchev–Trinajstić information content (AvgIpc) is 3.58. The Morgan fingerprint density at radius 3 is 1.07 bits per heavy atom. The second kappa shape index (κ2) is 23.2. The first kappa shape index (κ1) is 52.6. The molecule has 0 aromatic heterocycles. The van der Waals surface area contributed by atoms with E-state index in [1.807, 2.05) is 60.7 Å². The van der Waals surface area contributed by atoms with Gasteiger partial charge in [-0.15, -0.1) is 0 Å². The van der Waals surface area contributed by atoms with Crippen LogP contribution < -0.4 is 28.4 Å². The molecule has 0 spiro atoms. The van der Waals surface area contributed by atoms with Gasteiger partial charge in [-0.3, -0.25) is 0 Å². The summed E-state index contributed by atoms with van der Waals surface area (Å²) < 4.78 is 44.9. The molecular formula is C66H46O14. The molecule has 0 atom stereocenters. The zero-order valence-corrected chi connectivity index (χ0v) is 43.0. The zero-order chi connectivity index (χ0) is 55.9. The van der Waals surface area contributed by atoms with Gasteiger partial charge in [0.1, 0.15) is 34.5 Å². The minimum Gasteiger partial charge on any atom is -0.457 e. The molecular weight excluding hydrogens is 1020 g/mol. The van der Waals surface area contributed by atoms with Gasteiger partial charge in [0.15, 0.2) is 0 Å². The fourth-order valence-corrected chi connectivity index (χ4v) is 8.59. The Hall–Kier alpha value is -10.9. The molecule has 14 nitrogen and oxygen atoms in total. The molecule has 14 heteroatoms. The predicted molar refractivity (Wildman–Crippen MR) is 300 cm³/mol. The molecule has 0 bridgehead atoms. The number of benzene rings is 10. The fraction of sp³-hybridized carbons (Fsp3) is 0.0606. The van der Waals surface area contributed by atoms with E-state index >= 15 is 0 Å². The maximum absolute atomic E-state index is 14.4. The van der Waals surface area contributed by atoms with Gasteiger partial charge in [-0.2, -0.15) is 0 Å². The molecule has 394 valence electrons. The Balaban J connectivity index is 0.886. The third-order valence-electron chi connectivity index (χ3n) is 12.7. The van der Waals surface area contributed by atoms with Gasteiger partial charge in [0.2, 0.25) is 13.6 Å². The van der Waals surface area contributed by atoms with Crippen molar-refractivity contribution in [3.8, 4) is 45.6 Å². The van der Waals surface area contributed by atoms with Crippen molar-refractivity contribution in [2.24, 2.45) is 0 Å². The van der Waals surface area contributed by atoms with E-state index < -0.39 is 35.8 Å². The van der Waals surface area contributed by atoms with E-state index in [2.05, 4.69) is 13.2 Å². The number of ether oxygens (including phenoxy) is 8. The van der Waals surface area contributed by atoms with Crippen LogP contribution >= 0.6 is 0 Å². The van der Waals surface area contributed by atoms with Gasteiger partial charge >= 0.3 is 35.8 Å². The third kappa shape index (κ3) is 11.9. The van der Waals surface area contributed by atoms with Crippen LogP contribution in [0.3, 0.4) is 0 Å². The van der Waals surface area contributed by atoms with Crippen molar-refractivity contribution in [2.75, 3.05) is 13.6 Å². The third-order valence-corrected chi connectivity index (χ3v) is 12.7. The molecule has 0 fully saturated rings. The number of hydrogen-bond donors (Lipinski definition) is 0. The predicted octanol–water partition coefficient (Wildman–Crippen LogP) is 13.8. The minimum atomic E-state index is -0.675. The maximum Gasteiger partial charge on any atom is 0.343 e. The highest BCUT2D eigenvalue weighted by Gasteiger charge is 2.24. The lowest BCUT2D eigenvalue weighted by Gasteiger charge is -2.19. The lowest BCUT2D eigenvalue weighted by molar-refractivity contribution is -0.146. The SMILES string of the molecule is C=C(C)C(=O)OCOc1ccc(C(=O)Oc2ccc3ccc(C(=O)Oc4ccc5ccccc5c4-c4c(OC(=O)c5ccc6ccc(OC(=O)c7ccc(OCOC(=O)C(=C)C)cc7)cc6c5)ccc5ccccc45)cc3c2)cc1. The summed E-state index contributed by atoms with van der Waals surface area (Å²) in [6, 6.07) is 54.8. The highest BCUT2D eigenvalue weighted by atomic mass is 16.7. The summed E-state index contributed by atoms with van der Waals surface area (Å²) in [5.74, 6) is -2.18. The first-order chi connectivity index (χ1) is 38.7. The molecule has 0 amide bonds. The number of carbonyl (C=O) groups excluding carboxylic acids is 6. The molecule has 10 rings (SSSR count). The summed E-state index contributed by atoms with van der Waals surface area (Å²) in [6.45, 7) is 9.46. The second-order valence-corrected chi connectivity index (χ2v) is 18.3. The van der Waals surface area contributed by atoms with Gasteiger partial charge in [0, 0.05) is 22.3 Å². The maximum atomic E-state index is 14.4. The van der Waals surface area contributed by atoms with Crippen LogP contribution in [-0.2, 0) is 19.1 Å². The van der Waals surface area contributed by atoms with Crippen molar-refractivity contribution in [2.45, 2.75) is 13.8 Å². The standard InChI is InChI=1S/C66H46O14/c1-39(2)61(67)75-37-73-51-25-19-45(20-26-51)63(69)77-53-29-17-41-13-15-47(33-49(41)35-53)65(71)79-57-31-23-43-9-5-7-11-55(43)59(57)60-56-12-8-6-10-44(56)24-32-58(60)80-66(72)48-16-14-42-18-30-54(36-50(42)34-48)78-64(70)46-21-27-52(28-22-46)74-38-76-62(68)40(3)4/h5-36H,1,3,37-38H2,2,4H3. The monoisotopic (exact) mass is 1060 g/mol. The number of fused-ring (bicyclic) bond motifs is 4. The lowest BCUT2D eigenvalue weighted by atomic mass is 9.92. The van der Waals surface area contributed by atoms with Crippen molar-refractivity contribution < 1.29 is 66.7 Å². The van der Waals surface area contributed by atoms with Crippen LogP contribution in [0.25, 0.3) is 54.2 Å². The van der Waals surface area contributed by atoms with Crippen LogP contribution in [-0.4, -0.2) is 49.4 Å². The number of rotatable bonds is 17. The van der Waals surface area contributed by atoms with Crippen LogP contribution in [0.5, 0.6) is 34.5 Å². The van der Waals surface area contributed by atoms with Crippen LogP contribution in [0.4, 0.5) is 0 Å². The highest BCUT2D eigenvalue weighted by Crippen LogP contribution is 2.46. The van der Waals surface area contributed by atoms with Crippen molar-refractivity contribution in [3.05, 3.63) is 241 Å². The van der Waals surface area contributed by atoms with Crippen LogP contribution in [0, 0.1) is 0 Å². The molecule has 10 aromatic carbocycles. The van der Waals surface area contributed by atoms with Crippen molar-refractivity contribution >= 4 is 78.9 Å². The molecule has 0 N–H and O–H groups in total. The molecule has 0 heterocycles. The molecule has 80 heavy (non-hydrogen) atoms. The molecule has 0 saturated carbocycles. The number of carbonyl (C=O) groups is 6. The van der Waals surface area contributed by atoms with E-state index in [1.54, 1.807) is 109 Å². The fourth-order valence-electron chi connectivity index (χ4n) is 8.59. The van der Waals surface area contributed by atoms with Gasteiger partial charge in [0.25, 0.3) is 0 Å². The quantitative estimate of drug-likeness (QED) is 0.0364. The Bertz CT molecular complexity index is 3870. The number of hydrogen-bond acceptors (Lipinski definition) is 14. The first-order valence-corrected chi connectivity index (χ1v) is 24.9. The Kier molecular flexibility index (Phi) is 15.2. The molecule has 0 aliphatic rings. The summed E-state index contributed by atoms with van der Waals surface area (Å²) in [6.07, 6.45) is 0. The van der Waals surface area contributed by atoms with Gasteiger partial charge in [-0.1, -0.05) is 98.1 Å². The molecule has 10 aromatic rings.